The fourth-order valence-corrected chi connectivity index (χ4v) is 1.72. The second-order valence-corrected chi connectivity index (χ2v) is 4.51. The fraction of sp³-hybridized carbons (Fsp3) is 0.818. The molecule has 0 radical (unpaired) electrons. The van der Waals surface area contributed by atoms with Gasteiger partial charge >= 0.3 is 5.97 Å². The highest BCUT2D eigenvalue weighted by molar-refractivity contribution is 9.10. The summed E-state index contributed by atoms with van der Waals surface area (Å²) in [6, 6.07) is 0. The topological polar surface area (TPSA) is 43.4 Å². The molecule has 0 saturated carbocycles. The van der Waals surface area contributed by atoms with Crippen LogP contribution in [0.5, 0.6) is 0 Å². The number of carbonyl (C=O) groups is 2. The van der Waals surface area contributed by atoms with E-state index in [1.165, 1.54) is 12.8 Å². The molecule has 0 aliphatic heterocycles. The van der Waals surface area contributed by atoms with Gasteiger partial charge in [0.2, 0.25) is 0 Å². The van der Waals surface area contributed by atoms with Gasteiger partial charge in [-0.2, -0.15) is 0 Å². The zero-order valence-corrected chi connectivity index (χ0v) is 11.0. The molecule has 0 aromatic heterocycles. The Hall–Kier alpha value is -0.380. The Morgan fingerprint density at radius 2 is 1.87 bits per heavy atom. The van der Waals surface area contributed by atoms with Gasteiger partial charge in [-0.15, -0.1) is 0 Å². The molecule has 1 unspecified atom stereocenters. The van der Waals surface area contributed by atoms with E-state index in [0.29, 0.717) is 6.42 Å². The third-order valence-corrected chi connectivity index (χ3v) is 2.95. The minimum Gasteiger partial charge on any atom is -0.460 e. The van der Waals surface area contributed by atoms with Crippen LogP contribution in [0.3, 0.4) is 0 Å². The molecule has 0 bridgehead atoms. The second kappa shape index (κ2) is 8.89. The molecule has 1 atom stereocenters. The highest BCUT2D eigenvalue weighted by atomic mass is 79.9. The van der Waals surface area contributed by atoms with Crippen LogP contribution < -0.4 is 0 Å². The number of hydrogen-bond acceptors (Lipinski definition) is 3. The van der Waals surface area contributed by atoms with E-state index in [1.54, 1.807) is 6.92 Å². The lowest BCUT2D eigenvalue weighted by Crippen LogP contribution is -2.26. The average Bonchev–Trinajstić information content (AvgIpc) is 2.23. The maximum atomic E-state index is 11.4. The summed E-state index contributed by atoms with van der Waals surface area (Å²) in [5.74, 6) is -1.19. The van der Waals surface area contributed by atoms with Gasteiger partial charge in [-0.1, -0.05) is 48.5 Å². The summed E-state index contributed by atoms with van der Waals surface area (Å²) in [7, 11) is 0. The molecule has 15 heavy (non-hydrogen) atoms. The fourth-order valence-electron chi connectivity index (χ4n) is 1.21. The predicted molar refractivity (Wildman–Crippen MR) is 63.1 cm³/mol. The number of esters is 1. The van der Waals surface area contributed by atoms with Crippen molar-refractivity contribution in [3.05, 3.63) is 0 Å². The SMILES string of the molecule is CCCCCCC(Br)C(=O)C(=O)OCC. The number of unbranched alkanes of at least 4 members (excludes halogenated alkanes) is 3. The van der Waals surface area contributed by atoms with Gasteiger partial charge in [-0.25, -0.2) is 4.79 Å². The Labute approximate surface area is 99.7 Å². The van der Waals surface area contributed by atoms with Crippen molar-refractivity contribution in [3.8, 4) is 0 Å². The number of hydrogen-bond donors (Lipinski definition) is 0. The maximum Gasteiger partial charge on any atom is 0.375 e. The molecule has 4 heteroatoms. The number of Topliss-reactive ketones (excluding diaryl/α,β-unsaturated/α-hetero) is 1. The van der Waals surface area contributed by atoms with Crippen LogP contribution in [0.2, 0.25) is 0 Å². The molecule has 0 aliphatic rings. The van der Waals surface area contributed by atoms with Crippen LogP contribution in [0.25, 0.3) is 0 Å². The first-order valence-electron chi connectivity index (χ1n) is 5.48. The molecular formula is C11H19BrO3. The molecule has 0 aliphatic carbocycles. The van der Waals surface area contributed by atoms with Gasteiger partial charge in [0.25, 0.3) is 5.78 Å². The zero-order valence-electron chi connectivity index (χ0n) is 9.42. The van der Waals surface area contributed by atoms with Gasteiger partial charge in [0.15, 0.2) is 0 Å². The van der Waals surface area contributed by atoms with Gasteiger partial charge in [0.05, 0.1) is 11.4 Å². The zero-order chi connectivity index (χ0) is 11.7. The first kappa shape index (κ1) is 14.6. The first-order valence-corrected chi connectivity index (χ1v) is 6.40. The van der Waals surface area contributed by atoms with Crippen LogP contribution in [-0.4, -0.2) is 23.2 Å². The second-order valence-electron chi connectivity index (χ2n) is 3.40. The molecule has 0 spiro atoms. The summed E-state index contributed by atoms with van der Waals surface area (Å²) in [6.45, 7) is 4.07. The highest BCUT2D eigenvalue weighted by Crippen LogP contribution is 2.13. The highest BCUT2D eigenvalue weighted by Gasteiger charge is 2.23. The van der Waals surface area contributed by atoms with Gasteiger partial charge < -0.3 is 4.74 Å². The van der Waals surface area contributed by atoms with Crippen LogP contribution >= 0.6 is 15.9 Å². The van der Waals surface area contributed by atoms with Crippen LogP contribution in [0.15, 0.2) is 0 Å². The minimum absolute atomic E-state index is 0.250. The van der Waals surface area contributed by atoms with Gasteiger partial charge in [0, 0.05) is 0 Å². The first-order chi connectivity index (χ1) is 7.13. The van der Waals surface area contributed by atoms with E-state index in [1.807, 2.05) is 0 Å². The number of ether oxygens (including phenoxy) is 1. The Kier molecular flexibility index (Phi) is 8.67. The molecule has 3 nitrogen and oxygen atoms in total. The Morgan fingerprint density at radius 1 is 1.20 bits per heavy atom. The van der Waals surface area contributed by atoms with Gasteiger partial charge in [-0.05, 0) is 13.3 Å². The lowest BCUT2D eigenvalue weighted by atomic mass is 10.1. The number of carbonyl (C=O) groups excluding carboxylic acids is 2. The number of rotatable bonds is 8. The van der Waals surface area contributed by atoms with E-state index in [2.05, 4.69) is 27.6 Å². The molecule has 0 aromatic carbocycles. The molecule has 88 valence electrons. The quantitative estimate of drug-likeness (QED) is 0.297. The van der Waals surface area contributed by atoms with Crippen molar-refractivity contribution in [1.29, 1.82) is 0 Å². The van der Waals surface area contributed by atoms with Crippen LogP contribution in [0.1, 0.15) is 46.0 Å². The predicted octanol–water partition coefficient (Wildman–Crippen LogP) is 2.85. The Balaban J connectivity index is 3.73. The lowest BCUT2D eigenvalue weighted by Gasteiger charge is -2.07. The summed E-state index contributed by atoms with van der Waals surface area (Å²) in [4.78, 5) is 22.1. The van der Waals surface area contributed by atoms with Crippen molar-refractivity contribution >= 4 is 27.7 Å². The average molecular weight is 279 g/mol. The summed E-state index contributed by atoms with van der Waals surface area (Å²) < 4.78 is 4.63. The third kappa shape index (κ3) is 6.66. The summed E-state index contributed by atoms with van der Waals surface area (Å²) in [5, 5.41) is 0. The van der Waals surface area contributed by atoms with Gasteiger partial charge in [-0.3, -0.25) is 4.79 Å². The van der Waals surface area contributed by atoms with Crippen LogP contribution in [0, 0.1) is 0 Å². The molecule has 0 amide bonds. The molecule has 0 saturated heterocycles. The molecule has 0 heterocycles. The third-order valence-electron chi connectivity index (χ3n) is 2.07. The van der Waals surface area contributed by atoms with Crippen molar-refractivity contribution in [2.24, 2.45) is 0 Å². The molecule has 0 N–H and O–H groups in total. The van der Waals surface area contributed by atoms with E-state index in [-0.39, 0.29) is 11.4 Å². The largest absolute Gasteiger partial charge is 0.460 e. The normalized spacial score (nSPS) is 12.2. The summed E-state index contributed by atoms with van der Waals surface area (Å²) in [6.07, 6.45) is 5.12. The van der Waals surface area contributed by atoms with Crippen LogP contribution in [0.4, 0.5) is 0 Å². The van der Waals surface area contributed by atoms with Crippen molar-refractivity contribution in [1.82, 2.24) is 0 Å². The van der Waals surface area contributed by atoms with Gasteiger partial charge in [0.1, 0.15) is 0 Å². The molecule has 0 rings (SSSR count). The van der Waals surface area contributed by atoms with E-state index in [9.17, 15) is 9.59 Å². The number of alkyl halides is 1. The van der Waals surface area contributed by atoms with E-state index in [4.69, 9.17) is 0 Å². The standard InChI is InChI=1S/C11H19BrO3/c1-3-5-6-7-8-9(12)10(13)11(14)15-4-2/h9H,3-8H2,1-2H3. The van der Waals surface area contributed by atoms with E-state index >= 15 is 0 Å². The minimum atomic E-state index is -0.727. The molecule has 0 aromatic rings. The van der Waals surface area contributed by atoms with Crippen molar-refractivity contribution < 1.29 is 14.3 Å². The maximum absolute atomic E-state index is 11.4. The number of ketones is 1. The molecular weight excluding hydrogens is 260 g/mol. The van der Waals surface area contributed by atoms with E-state index < -0.39 is 11.8 Å². The summed E-state index contributed by atoms with van der Waals surface area (Å²) >= 11 is 3.22. The van der Waals surface area contributed by atoms with Crippen molar-refractivity contribution in [3.63, 3.8) is 0 Å². The monoisotopic (exact) mass is 278 g/mol. The Morgan fingerprint density at radius 3 is 2.40 bits per heavy atom. The smallest absolute Gasteiger partial charge is 0.375 e. The molecule has 0 fully saturated rings. The summed E-state index contributed by atoms with van der Waals surface area (Å²) in [5.41, 5.74) is 0. The van der Waals surface area contributed by atoms with Crippen LogP contribution in [-0.2, 0) is 14.3 Å². The Bertz CT molecular complexity index is 204. The van der Waals surface area contributed by atoms with Crippen molar-refractivity contribution in [2.75, 3.05) is 6.61 Å². The lowest BCUT2D eigenvalue weighted by molar-refractivity contribution is -0.153. The van der Waals surface area contributed by atoms with Crippen molar-refractivity contribution in [2.45, 2.75) is 50.8 Å². The van der Waals surface area contributed by atoms with E-state index in [0.717, 1.165) is 12.8 Å². The number of halogens is 1.